The summed E-state index contributed by atoms with van der Waals surface area (Å²) in [6.45, 7) is 1.54. The number of carbonyl (C=O) groups excluding carboxylic acids is 1. The van der Waals surface area contributed by atoms with Gasteiger partial charge in [-0.05, 0) is 18.4 Å². The number of benzene rings is 1. The minimum atomic E-state index is -0.0256. The minimum absolute atomic E-state index is 0.0256. The van der Waals surface area contributed by atoms with E-state index >= 15 is 0 Å². The monoisotopic (exact) mass is 232 g/mol. The predicted molar refractivity (Wildman–Crippen MR) is 68.4 cm³/mol. The molecule has 0 aliphatic heterocycles. The average molecular weight is 232 g/mol. The lowest BCUT2D eigenvalue weighted by atomic mass is 9.80. The molecule has 0 aromatic heterocycles. The van der Waals surface area contributed by atoms with Crippen LogP contribution in [0.25, 0.3) is 0 Å². The second-order valence-electron chi connectivity index (χ2n) is 4.73. The molecule has 2 N–H and O–H groups in total. The summed E-state index contributed by atoms with van der Waals surface area (Å²) < 4.78 is 0. The molecule has 1 aliphatic carbocycles. The van der Waals surface area contributed by atoms with E-state index in [4.69, 9.17) is 0 Å². The normalized spacial score (nSPS) is 24.3. The summed E-state index contributed by atoms with van der Waals surface area (Å²) in [7, 11) is 0. The van der Waals surface area contributed by atoms with E-state index in [1.807, 2.05) is 6.07 Å². The van der Waals surface area contributed by atoms with Crippen molar-refractivity contribution in [2.75, 3.05) is 0 Å². The SMILES string of the molecule is CC(=O)NN[C@H]1CCCC[C@@H]1c1ccccc1. The summed E-state index contributed by atoms with van der Waals surface area (Å²) in [6, 6.07) is 10.9. The van der Waals surface area contributed by atoms with Crippen molar-refractivity contribution < 1.29 is 4.79 Å². The first-order chi connectivity index (χ1) is 8.27. The third-order valence-corrected chi connectivity index (χ3v) is 3.43. The van der Waals surface area contributed by atoms with Gasteiger partial charge in [0.2, 0.25) is 5.91 Å². The second-order valence-corrected chi connectivity index (χ2v) is 4.73. The molecule has 0 unspecified atom stereocenters. The molecule has 0 heterocycles. The highest BCUT2D eigenvalue weighted by molar-refractivity contribution is 5.72. The van der Waals surface area contributed by atoms with E-state index in [9.17, 15) is 4.79 Å². The fourth-order valence-corrected chi connectivity index (χ4v) is 2.60. The fraction of sp³-hybridized carbons (Fsp3) is 0.500. The molecule has 1 saturated carbocycles. The second kappa shape index (κ2) is 5.82. The molecule has 3 nitrogen and oxygen atoms in total. The van der Waals surface area contributed by atoms with Crippen LogP contribution < -0.4 is 10.9 Å². The van der Waals surface area contributed by atoms with Crippen molar-refractivity contribution in [2.24, 2.45) is 0 Å². The Morgan fingerprint density at radius 2 is 1.88 bits per heavy atom. The maximum absolute atomic E-state index is 11.0. The van der Waals surface area contributed by atoms with Crippen LogP contribution in [0.1, 0.15) is 44.1 Å². The lowest BCUT2D eigenvalue weighted by Crippen LogP contribution is -2.47. The highest BCUT2D eigenvalue weighted by atomic mass is 16.2. The van der Waals surface area contributed by atoms with Gasteiger partial charge in [0.25, 0.3) is 0 Å². The van der Waals surface area contributed by atoms with Crippen LogP contribution in [0.15, 0.2) is 30.3 Å². The van der Waals surface area contributed by atoms with E-state index in [0.29, 0.717) is 12.0 Å². The number of hydrogen-bond donors (Lipinski definition) is 2. The van der Waals surface area contributed by atoms with E-state index in [2.05, 4.69) is 35.1 Å². The lowest BCUT2D eigenvalue weighted by molar-refractivity contribution is -0.120. The Balaban J connectivity index is 2.04. The van der Waals surface area contributed by atoms with Crippen molar-refractivity contribution in [3.8, 4) is 0 Å². The Morgan fingerprint density at radius 3 is 2.59 bits per heavy atom. The number of hydrazine groups is 1. The van der Waals surface area contributed by atoms with E-state index in [1.54, 1.807) is 0 Å². The summed E-state index contributed by atoms with van der Waals surface area (Å²) >= 11 is 0. The van der Waals surface area contributed by atoms with Crippen LogP contribution in [0.3, 0.4) is 0 Å². The largest absolute Gasteiger partial charge is 0.292 e. The topological polar surface area (TPSA) is 41.1 Å². The molecule has 0 spiro atoms. The standard InChI is InChI=1S/C14H20N2O/c1-11(17)15-16-14-10-6-5-9-13(14)12-7-3-2-4-8-12/h2-4,7-8,13-14,16H,5-6,9-10H2,1H3,(H,15,17)/t13-,14+/m1/s1. The number of rotatable bonds is 3. The van der Waals surface area contributed by atoms with Gasteiger partial charge in [-0.3, -0.25) is 10.2 Å². The third-order valence-electron chi connectivity index (χ3n) is 3.43. The number of amides is 1. The molecule has 0 radical (unpaired) electrons. The summed E-state index contributed by atoms with van der Waals surface area (Å²) in [5.41, 5.74) is 7.27. The molecule has 1 aromatic rings. The minimum Gasteiger partial charge on any atom is -0.292 e. The Labute approximate surface area is 103 Å². The van der Waals surface area contributed by atoms with Gasteiger partial charge in [0.05, 0.1) is 0 Å². The van der Waals surface area contributed by atoms with Crippen LogP contribution in [0.2, 0.25) is 0 Å². The van der Waals surface area contributed by atoms with Gasteiger partial charge in [-0.25, -0.2) is 5.43 Å². The van der Waals surface area contributed by atoms with Gasteiger partial charge < -0.3 is 0 Å². The fourth-order valence-electron chi connectivity index (χ4n) is 2.60. The zero-order chi connectivity index (χ0) is 12.1. The van der Waals surface area contributed by atoms with Crippen LogP contribution in [0.4, 0.5) is 0 Å². The molecular formula is C14H20N2O. The molecule has 17 heavy (non-hydrogen) atoms. The Morgan fingerprint density at radius 1 is 1.18 bits per heavy atom. The smallest absolute Gasteiger partial charge is 0.230 e. The van der Waals surface area contributed by atoms with Gasteiger partial charge in [0, 0.05) is 18.9 Å². The van der Waals surface area contributed by atoms with Crippen molar-refractivity contribution in [2.45, 2.75) is 44.6 Å². The molecule has 1 aromatic carbocycles. The van der Waals surface area contributed by atoms with E-state index in [-0.39, 0.29) is 5.91 Å². The maximum atomic E-state index is 11.0. The Bertz CT molecular complexity index is 364. The van der Waals surface area contributed by atoms with Crippen molar-refractivity contribution in [1.82, 2.24) is 10.9 Å². The molecule has 2 atom stereocenters. The zero-order valence-electron chi connectivity index (χ0n) is 10.3. The summed E-state index contributed by atoms with van der Waals surface area (Å²) in [5.74, 6) is 0.485. The average Bonchev–Trinajstić information content (AvgIpc) is 2.38. The number of carbonyl (C=O) groups is 1. The van der Waals surface area contributed by atoms with Crippen LogP contribution in [0.5, 0.6) is 0 Å². The number of nitrogens with one attached hydrogen (secondary N) is 2. The highest BCUT2D eigenvalue weighted by Crippen LogP contribution is 2.32. The van der Waals surface area contributed by atoms with Gasteiger partial charge in [-0.15, -0.1) is 0 Å². The van der Waals surface area contributed by atoms with Gasteiger partial charge in [-0.1, -0.05) is 43.2 Å². The van der Waals surface area contributed by atoms with Crippen molar-refractivity contribution in [3.05, 3.63) is 35.9 Å². The van der Waals surface area contributed by atoms with E-state index in [1.165, 1.54) is 31.7 Å². The molecule has 0 saturated heterocycles. The third kappa shape index (κ3) is 3.30. The van der Waals surface area contributed by atoms with E-state index in [0.717, 1.165) is 6.42 Å². The predicted octanol–water partition coefficient (Wildman–Crippen LogP) is 2.35. The Hall–Kier alpha value is -1.35. The lowest BCUT2D eigenvalue weighted by Gasteiger charge is -2.32. The van der Waals surface area contributed by atoms with E-state index < -0.39 is 0 Å². The molecule has 1 aliphatic rings. The molecule has 1 fully saturated rings. The number of hydrogen-bond acceptors (Lipinski definition) is 2. The van der Waals surface area contributed by atoms with Crippen molar-refractivity contribution in [1.29, 1.82) is 0 Å². The van der Waals surface area contributed by atoms with Crippen LogP contribution in [-0.2, 0) is 4.79 Å². The first-order valence-electron chi connectivity index (χ1n) is 6.34. The molecule has 3 heteroatoms. The van der Waals surface area contributed by atoms with Gasteiger partial charge in [0.1, 0.15) is 0 Å². The maximum Gasteiger partial charge on any atom is 0.230 e. The molecule has 1 amide bonds. The molecule has 0 bridgehead atoms. The van der Waals surface area contributed by atoms with Crippen LogP contribution >= 0.6 is 0 Å². The van der Waals surface area contributed by atoms with Gasteiger partial charge >= 0.3 is 0 Å². The Kier molecular flexibility index (Phi) is 4.15. The molecular weight excluding hydrogens is 212 g/mol. The van der Waals surface area contributed by atoms with Crippen molar-refractivity contribution in [3.63, 3.8) is 0 Å². The van der Waals surface area contributed by atoms with Gasteiger partial charge in [0.15, 0.2) is 0 Å². The first-order valence-corrected chi connectivity index (χ1v) is 6.34. The first kappa shape index (κ1) is 12.1. The summed E-state index contributed by atoms with van der Waals surface area (Å²) in [6.07, 6.45) is 4.83. The van der Waals surface area contributed by atoms with Crippen LogP contribution in [-0.4, -0.2) is 11.9 Å². The summed E-state index contributed by atoms with van der Waals surface area (Å²) in [4.78, 5) is 11.0. The molecule has 92 valence electrons. The zero-order valence-corrected chi connectivity index (χ0v) is 10.3. The van der Waals surface area contributed by atoms with Crippen molar-refractivity contribution >= 4 is 5.91 Å². The quantitative estimate of drug-likeness (QED) is 0.785. The summed E-state index contributed by atoms with van der Waals surface area (Å²) in [5, 5.41) is 0. The molecule has 2 rings (SSSR count). The highest BCUT2D eigenvalue weighted by Gasteiger charge is 2.26. The van der Waals surface area contributed by atoms with Crippen LogP contribution in [0, 0.1) is 0 Å². The van der Waals surface area contributed by atoms with Gasteiger partial charge in [-0.2, -0.15) is 0 Å².